The van der Waals surface area contributed by atoms with Gasteiger partial charge in [0, 0.05) is 6.54 Å². The van der Waals surface area contributed by atoms with Crippen molar-refractivity contribution in [2.45, 2.75) is 6.54 Å². The lowest BCUT2D eigenvalue weighted by Gasteiger charge is -1.95. The SMILES string of the molecule is NC=NC=Nc1ccc(CN)cc1. The smallest absolute Gasteiger partial charge is 0.117 e. The first kappa shape index (κ1) is 9.41. The molecule has 4 heteroatoms. The first-order valence-electron chi connectivity index (χ1n) is 3.91. The van der Waals surface area contributed by atoms with Crippen molar-refractivity contribution >= 4 is 18.4 Å². The number of benzene rings is 1. The lowest BCUT2D eigenvalue weighted by Crippen LogP contribution is -1.94. The Bertz CT molecular complexity index is 300. The van der Waals surface area contributed by atoms with E-state index >= 15 is 0 Å². The average molecular weight is 176 g/mol. The predicted octanol–water partition coefficient (Wildman–Crippen LogP) is 0.792. The molecule has 0 fully saturated rings. The molecule has 0 aliphatic carbocycles. The van der Waals surface area contributed by atoms with E-state index in [0.29, 0.717) is 6.54 Å². The Balaban J connectivity index is 2.69. The van der Waals surface area contributed by atoms with Gasteiger partial charge in [-0.15, -0.1) is 0 Å². The number of aliphatic imine (C=N–C) groups is 2. The van der Waals surface area contributed by atoms with Crippen LogP contribution < -0.4 is 11.5 Å². The maximum Gasteiger partial charge on any atom is 0.117 e. The molecule has 1 rings (SSSR count). The largest absolute Gasteiger partial charge is 0.390 e. The van der Waals surface area contributed by atoms with Gasteiger partial charge in [0.15, 0.2) is 0 Å². The van der Waals surface area contributed by atoms with Crippen LogP contribution in [0.25, 0.3) is 0 Å². The van der Waals surface area contributed by atoms with Gasteiger partial charge in [0.25, 0.3) is 0 Å². The van der Waals surface area contributed by atoms with Gasteiger partial charge < -0.3 is 11.5 Å². The summed E-state index contributed by atoms with van der Waals surface area (Å²) in [7, 11) is 0. The van der Waals surface area contributed by atoms with Crippen molar-refractivity contribution in [3.05, 3.63) is 29.8 Å². The summed E-state index contributed by atoms with van der Waals surface area (Å²) in [5.41, 5.74) is 12.4. The van der Waals surface area contributed by atoms with E-state index < -0.39 is 0 Å². The third-order valence-electron chi connectivity index (χ3n) is 1.53. The van der Waals surface area contributed by atoms with Crippen LogP contribution in [0, 0.1) is 0 Å². The second-order valence-electron chi connectivity index (χ2n) is 2.41. The van der Waals surface area contributed by atoms with Crippen molar-refractivity contribution in [2.24, 2.45) is 21.5 Å². The van der Waals surface area contributed by atoms with Crippen molar-refractivity contribution in [3.63, 3.8) is 0 Å². The van der Waals surface area contributed by atoms with E-state index in [4.69, 9.17) is 11.5 Å². The monoisotopic (exact) mass is 176 g/mol. The molecule has 4 nitrogen and oxygen atoms in total. The Hall–Kier alpha value is -1.68. The van der Waals surface area contributed by atoms with Crippen LogP contribution in [0.4, 0.5) is 5.69 Å². The second-order valence-corrected chi connectivity index (χ2v) is 2.41. The zero-order valence-electron chi connectivity index (χ0n) is 7.22. The fourth-order valence-electron chi connectivity index (χ4n) is 0.857. The fraction of sp³-hybridized carbons (Fsp3) is 0.111. The Labute approximate surface area is 77.0 Å². The zero-order chi connectivity index (χ0) is 9.52. The Morgan fingerprint density at radius 3 is 2.46 bits per heavy atom. The van der Waals surface area contributed by atoms with E-state index in [1.807, 2.05) is 24.3 Å². The van der Waals surface area contributed by atoms with E-state index in [9.17, 15) is 0 Å². The summed E-state index contributed by atoms with van der Waals surface area (Å²) in [6, 6.07) is 7.62. The van der Waals surface area contributed by atoms with Gasteiger partial charge in [0.1, 0.15) is 6.34 Å². The van der Waals surface area contributed by atoms with Gasteiger partial charge in [0.05, 0.1) is 12.0 Å². The van der Waals surface area contributed by atoms with Crippen LogP contribution in [0.1, 0.15) is 5.56 Å². The van der Waals surface area contributed by atoms with E-state index in [1.54, 1.807) is 0 Å². The van der Waals surface area contributed by atoms with Crippen molar-refractivity contribution in [1.82, 2.24) is 0 Å². The summed E-state index contributed by atoms with van der Waals surface area (Å²) in [4.78, 5) is 7.67. The first-order valence-corrected chi connectivity index (χ1v) is 3.91. The van der Waals surface area contributed by atoms with Crippen molar-refractivity contribution < 1.29 is 0 Å². The summed E-state index contributed by atoms with van der Waals surface area (Å²) in [6.07, 6.45) is 2.59. The molecule has 0 bridgehead atoms. The van der Waals surface area contributed by atoms with Gasteiger partial charge in [-0.3, -0.25) is 0 Å². The lowest BCUT2D eigenvalue weighted by atomic mass is 10.2. The van der Waals surface area contributed by atoms with Crippen LogP contribution in [0.2, 0.25) is 0 Å². The van der Waals surface area contributed by atoms with Crippen LogP contribution in [0.15, 0.2) is 34.3 Å². The van der Waals surface area contributed by atoms with Gasteiger partial charge in [0.2, 0.25) is 0 Å². The standard InChI is InChI=1S/C9H12N4/c10-5-8-1-3-9(4-2-8)13-7-12-6-11/h1-4,6-7H,5,10H2,(H2,11,12,13). The molecule has 0 unspecified atom stereocenters. The van der Waals surface area contributed by atoms with Crippen LogP contribution in [-0.4, -0.2) is 12.7 Å². The van der Waals surface area contributed by atoms with Gasteiger partial charge in [-0.1, -0.05) is 12.1 Å². The van der Waals surface area contributed by atoms with Crippen molar-refractivity contribution in [3.8, 4) is 0 Å². The summed E-state index contributed by atoms with van der Waals surface area (Å²) >= 11 is 0. The molecule has 0 atom stereocenters. The van der Waals surface area contributed by atoms with Crippen LogP contribution >= 0.6 is 0 Å². The maximum absolute atomic E-state index is 5.44. The molecule has 0 heterocycles. The quantitative estimate of drug-likeness (QED) is 0.527. The summed E-state index contributed by atoms with van der Waals surface area (Å²) in [5, 5.41) is 0. The Morgan fingerprint density at radius 2 is 1.92 bits per heavy atom. The van der Waals surface area contributed by atoms with Crippen LogP contribution in [-0.2, 0) is 6.54 Å². The number of rotatable bonds is 3. The number of hydrogen-bond acceptors (Lipinski definition) is 2. The molecule has 0 aromatic heterocycles. The normalized spacial score (nSPS) is 11.5. The predicted molar refractivity (Wildman–Crippen MR) is 55.2 cm³/mol. The highest BCUT2D eigenvalue weighted by Gasteiger charge is 1.88. The third kappa shape index (κ3) is 3.04. The Kier molecular flexibility index (Phi) is 3.66. The van der Waals surface area contributed by atoms with E-state index in [0.717, 1.165) is 11.3 Å². The molecule has 0 aliphatic heterocycles. The van der Waals surface area contributed by atoms with E-state index in [-0.39, 0.29) is 0 Å². The molecule has 13 heavy (non-hydrogen) atoms. The molecule has 0 spiro atoms. The van der Waals surface area contributed by atoms with Crippen LogP contribution in [0.3, 0.4) is 0 Å². The molecule has 68 valence electrons. The molecule has 0 radical (unpaired) electrons. The number of hydrogen-bond donors (Lipinski definition) is 2. The topological polar surface area (TPSA) is 76.8 Å². The fourth-order valence-corrected chi connectivity index (χ4v) is 0.857. The maximum atomic E-state index is 5.44. The highest BCUT2D eigenvalue weighted by Crippen LogP contribution is 2.11. The molecule has 0 saturated carbocycles. The van der Waals surface area contributed by atoms with Gasteiger partial charge in [-0.2, -0.15) is 0 Å². The molecular weight excluding hydrogens is 164 g/mol. The van der Waals surface area contributed by atoms with E-state index in [1.165, 1.54) is 12.7 Å². The minimum absolute atomic E-state index is 0.547. The molecular formula is C9H12N4. The number of nitrogens with zero attached hydrogens (tertiary/aromatic N) is 2. The van der Waals surface area contributed by atoms with Crippen LogP contribution in [0.5, 0.6) is 0 Å². The third-order valence-corrected chi connectivity index (χ3v) is 1.53. The van der Waals surface area contributed by atoms with Crippen molar-refractivity contribution in [1.29, 1.82) is 0 Å². The molecule has 1 aromatic rings. The molecule has 0 aliphatic rings. The Morgan fingerprint density at radius 1 is 1.23 bits per heavy atom. The zero-order valence-corrected chi connectivity index (χ0v) is 7.22. The first-order chi connectivity index (χ1) is 6.36. The molecule has 0 amide bonds. The molecule has 0 saturated heterocycles. The molecule has 1 aromatic carbocycles. The minimum Gasteiger partial charge on any atom is -0.390 e. The highest BCUT2D eigenvalue weighted by atomic mass is 14.9. The van der Waals surface area contributed by atoms with Crippen molar-refractivity contribution in [2.75, 3.05) is 0 Å². The molecule has 4 N–H and O–H groups in total. The minimum atomic E-state index is 0.547. The number of nitrogens with two attached hydrogens (primary N) is 2. The van der Waals surface area contributed by atoms with Gasteiger partial charge in [-0.05, 0) is 17.7 Å². The van der Waals surface area contributed by atoms with Gasteiger partial charge >= 0.3 is 0 Å². The average Bonchev–Trinajstić information content (AvgIpc) is 2.19. The summed E-state index contributed by atoms with van der Waals surface area (Å²) in [6.45, 7) is 0.547. The lowest BCUT2D eigenvalue weighted by molar-refractivity contribution is 1.07. The van der Waals surface area contributed by atoms with Gasteiger partial charge in [-0.25, -0.2) is 9.98 Å². The van der Waals surface area contributed by atoms with E-state index in [2.05, 4.69) is 9.98 Å². The second kappa shape index (κ2) is 5.05. The highest BCUT2D eigenvalue weighted by molar-refractivity contribution is 5.72. The summed E-state index contributed by atoms with van der Waals surface area (Å²) < 4.78 is 0. The summed E-state index contributed by atoms with van der Waals surface area (Å²) in [5.74, 6) is 0.